The van der Waals surface area contributed by atoms with Crippen molar-refractivity contribution in [3.63, 3.8) is 0 Å². The number of aromatic nitrogens is 2. The van der Waals surface area contributed by atoms with Crippen molar-refractivity contribution in [1.29, 1.82) is 0 Å². The SMILES string of the molecule is COC1=C(CNC[C@H]2CCC(=O)N2)C=C(Cl)C(c2ccncc2)(c2cccc3c2CC[C@H]3Oc2nc(OC)c(CNC3CCOCC3)cc2C(F)(F)F)N1. The average Bonchev–Trinajstić information content (AvgIpc) is 3.79. The Morgan fingerprint density at radius 2 is 1.81 bits per heavy atom. The van der Waals surface area contributed by atoms with Gasteiger partial charge in [-0.1, -0.05) is 29.8 Å². The van der Waals surface area contributed by atoms with Crippen LogP contribution < -0.4 is 30.7 Å². The van der Waals surface area contributed by atoms with Crippen LogP contribution in [0.4, 0.5) is 13.2 Å². The summed E-state index contributed by atoms with van der Waals surface area (Å²) in [6.45, 7) is 2.38. The zero-order chi connectivity index (χ0) is 37.9. The number of ether oxygens (including phenoxy) is 4. The van der Waals surface area contributed by atoms with Gasteiger partial charge < -0.3 is 40.2 Å². The lowest BCUT2D eigenvalue weighted by Crippen LogP contribution is -2.47. The van der Waals surface area contributed by atoms with Crippen molar-refractivity contribution < 1.29 is 36.9 Å². The predicted molar refractivity (Wildman–Crippen MR) is 195 cm³/mol. The van der Waals surface area contributed by atoms with Crippen LogP contribution in [0.5, 0.6) is 11.8 Å². The van der Waals surface area contributed by atoms with E-state index < -0.39 is 29.3 Å². The topological polar surface area (TPSA) is 128 Å². The number of rotatable bonds is 13. The molecule has 1 amide bonds. The molecule has 1 aliphatic carbocycles. The summed E-state index contributed by atoms with van der Waals surface area (Å²) in [5.74, 6) is 0.0884. The van der Waals surface area contributed by atoms with E-state index in [-0.39, 0.29) is 30.4 Å². The monoisotopic (exact) mass is 768 g/mol. The number of hydrogen-bond donors (Lipinski definition) is 4. The van der Waals surface area contributed by atoms with Gasteiger partial charge in [-0.3, -0.25) is 9.78 Å². The maximum Gasteiger partial charge on any atom is 0.421 e. The van der Waals surface area contributed by atoms with Crippen LogP contribution in [0.1, 0.15) is 71.6 Å². The van der Waals surface area contributed by atoms with Gasteiger partial charge in [0, 0.05) is 74.9 Å². The first-order valence-corrected chi connectivity index (χ1v) is 18.6. The Morgan fingerprint density at radius 3 is 2.52 bits per heavy atom. The smallest absolute Gasteiger partial charge is 0.421 e. The molecule has 2 aromatic heterocycles. The molecule has 0 spiro atoms. The highest BCUT2D eigenvalue weighted by atomic mass is 35.5. The Morgan fingerprint density at radius 1 is 1.02 bits per heavy atom. The Kier molecular flexibility index (Phi) is 11.3. The summed E-state index contributed by atoms with van der Waals surface area (Å²) >= 11 is 7.33. The summed E-state index contributed by atoms with van der Waals surface area (Å²) < 4.78 is 66.9. The van der Waals surface area contributed by atoms with Crippen LogP contribution in [-0.2, 0) is 38.9 Å². The minimum absolute atomic E-state index is 0.0508. The van der Waals surface area contributed by atoms with Gasteiger partial charge in [-0.15, -0.1) is 0 Å². The molecular formula is C39H44ClF3N6O5. The van der Waals surface area contributed by atoms with Crippen molar-refractivity contribution in [3.05, 3.63) is 105 Å². The van der Waals surface area contributed by atoms with Crippen molar-refractivity contribution in [2.24, 2.45) is 0 Å². The number of dihydropyridines is 1. The van der Waals surface area contributed by atoms with Gasteiger partial charge in [0.15, 0.2) is 5.88 Å². The van der Waals surface area contributed by atoms with E-state index in [0.29, 0.717) is 62.0 Å². The van der Waals surface area contributed by atoms with E-state index in [1.54, 1.807) is 19.5 Å². The second kappa shape index (κ2) is 16.2. The molecule has 0 radical (unpaired) electrons. The lowest BCUT2D eigenvalue weighted by atomic mass is 9.77. The molecule has 15 heteroatoms. The van der Waals surface area contributed by atoms with Crippen LogP contribution in [0.2, 0.25) is 0 Å². The third-order valence-corrected chi connectivity index (χ3v) is 11.0. The van der Waals surface area contributed by atoms with Gasteiger partial charge in [0.2, 0.25) is 17.7 Å². The van der Waals surface area contributed by atoms with E-state index >= 15 is 0 Å². The number of alkyl halides is 3. The van der Waals surface area contributed by atoms with E-state index in [1.165, 1.54) is 7.11 Å². The summed E-state index contributed by atoms with van der Waals surface area (Å²) in [4.78, 5) is 20.2. The molecule has 0 saturated carbocycles. The first kappa shape index (κ1) is 37.9. The highest BCUT2D eigenvalue weighted by Crippen LogP contribution is 2.49. The number of benzene rings is 1. The number of hydrogen-bond acceptors (Lipinski definition) is 10. The van der Waals surface area contributed by atoms with E-state index in [0.717, 1.165) is 53.2 Å². The Bertz CT molecular complexity index is 1910. The van der Waals surface area contributed by atoms with Crippen LogP contribution in [0.15, 0.2) is 71.4 Å². The fourth-order valence-electron chi connectivity index (χ4n) is 7.82. The maximum atomic E-state index is 14.6. The van der Waals surface area contributed by atoms with Crippen LogP contribution >= 0.6 is 11.6 Å². The molecule has 1 aromatic carbocycles. The number of carbonyl (C=O) groups excluding carboxylic acids is 1. The quantitative estimate of drug-likeness (QED) is 0.176. The second-order valence-electron chi connectivity index (χ2n) is 13.9. The number of halogens is 4. The van der Waals surface area contributed by atoms with E-state index in [2.05, 4.69) is 31.2 Å². The predicted octanol–water partition coefficient (Wildman–Crippen LogP) is 5.53. The van der Waals surface area contributed by atoms with Gasteiger partial charge in [-0.05, 0) is 78.6 Å². The van der Waals surface area contributed by atoms with Crippen molar-refractivity contribution in [3.8, 4) is 11.8 Å². The van der Waals surface area contributed by atoms with Crippen LogP contribution in [-0.4, -0.2) is 68.5 Å². The number of fused-ring (bicyclic) bond motifs is 1. The number of nitrogens with zero attached hydrogens (tertiary/aromatic N) is 2. The van der Waals surface area contributed by atoms with Crippen LogP contribution in [0.25, 0.3) is 0 Å². The summed E-state index contributed by atoms with van der Waals surface area (Å²) in [6, 6.07) is 10.7. The average molecular weight is 769 g/mol. The molecule has 2 saturated heterocycles. The van der Waals surface area contributed by atoms with Gasteiger partial charge in [-0.2, -0.15) is 18.2 Å². The maximum absolute atomic E-state index is 14.6. The standard InChI is InChI=1S/C39H44ClF3N6O5/c1-51-35-23(21-46-26-12-16-53-17-13-26)18-31(39(41,42)43)37(48-35)54-32-8-7-28-29(32)4-3-5-30(28)38(25-10-14-44-15-11-25)33(40)19-24(36(49-38)52-2)20-45-22-27-6-9-34(50)47-27/h3-5,10-11,14-15,18-19,26-27,32,45-46,49H,6-9,12-13,16-17,20-22H2,1-2H3,(H,47,50)/t27-,32-,38?/m1/s1. The molecule has 2 fully saturated rings. The Balaban J connectivity index is 1.19. The number of nitrogens with one attached hydrogen (secondary N) is 4. The largest absolute Gasteiger partial charge is 0.482 e. The highest BCUT2D eigenvalue weighted by Gasteiger charge is 2.45. The fourth-order valence-corrected chi connectivity index (χ4v) is 8.21. The molecule has 7 rings (SSSR count). The zero-order valence-corrected chi connectivity index (χ0v) is 30.9. The van der Waals surface area contributed by atoms with Crippen molar-refractivity contribution >= 4 is 17.5 Å². The van der Waals surface area contributed by atoms with Gasteiger partial charge in [0.05, 0.1) is 19.3 Å². The molecule has 0 bridgehead atoms. The van der Waals surface area contributed by atoms with Gasteiger partial charge >= 0.3 is 6.18 Å². The number of carbonyl (C=O) groups is 1. The number of pyridine rings is 2. The first-order valence-electron chi connectivity index (χ1n) is 18.2. The van der Waals surface area contributed by atoms with Crippen LogP contribution in [0.3, 0.4) is 0 Å². The lowest BCUT2D eigenvalue weighted by Gasteiger charge is -2.41. The van der Waals surface area contributed by atoms with E-state index in [9.17, 15) is 18.0 Å². The normalized spacial score (nSPS) is 23.1. The Hall–Kier alpha value is -4.37. The Labute approximate surface area is 317 Å². The minimum Gasteiger partial charge on any atom is -0.482 e. The summed E-state index contributed by atoms with van der Waals surface area (Å²) in [5.41, 5.74) is 2.24. The molecule has 54 heavy (non-hydrogen) atoms. The summed E-state index contributed by atoms with van der Waals surface area (Å²) in [5, 5.41) is 13.8. The molecule has 3 aliphatic heterocycles. The van der Waals surface area contributed by atoms with Crippen molar-refractivity contribution in [2.75, 3.05) is 40.5 Å². The summed E-state index contributed by atoms with van der Waals surface area (Å²) in [7, 11) is 2.97. The molecule has 3 aromatic rings. The second-order valence-corrected chi connectivity index (χ2v) is 14.3. The van der Waals surface area contributed by atoms with Gasteiger partial charge in [-0.25, -0.2) is 0 Å². The fraction of sp³-hybridized carbons (Fsp3) is 0.462. The molecule has 11 nitrogen and oxygen atoms in total. The third-order valence-electron chi connectivity index (χ3n) is 10.6. The first-order chi connectivity index (χ1) is 26.1. The zero-order valence-electron chi connectivity index (χ0n) is 30.2. The van der Waals surface area contributed by atoms with E-state index in [4.69, 9.17) is 30.5 Å². The van der Waals surface area contributed by atoms with Gasteiger partial charge in [0.25, 0.3) is 0 Å². The molecular weight excluding hydrogens is 725 g/mol. The number of amides is 1. The molecule has 3 atom stereocenters. The molecule has 4 N–H and O–H groups in total. The molecule has 288 valence electrons. The lowest BCUT2D eigenvalue weighted by molar-refractivity contribution is -0.139. The number of methoxy groups -OCH3 is 2. The minimum atomic E-state index is -4.72. The molecule has 5 heterocycles. The van der Waals surface area contributed by atoms with E-state index in [1.807, 2.05) is 36.4 Å². The van der Waals surface area contributed by atoms with Crippen LogP contribution in [0, 0.1) is 0 Å². The summed E-state index contributed by atoms with van der Waals surface area (Å²) in [6.07, 6.45) is 3.55. The molecule has 4 aliphatic rings. The molecule has 1 unspecified atom stereocenters. The van der Waals surface area contributed by atoms with Crippen molar-refractivity contribution in [1.82, 2.24) is 31.2 Å². The van der Waals surface area contributed by atoms with Crippen molar-refractivity contribution in [2.45, 2.75) is 75.0 Å². The highest BCUT2D eigenvalue weighted by molar-refractivity contribution is 6.31. The third kappa shape index (κ3) is 7.75. The van der Waals surface area contributed by atoms with Gasteiger partial charge in [0.1, 0.15) is 17.2 Å².